The largest absolute Gasteiger partial charge is 0.383 e. The van der Waals surface area contributed by atoms with Gasteiger partial charge in [-0.3, -0.25) is 9.80 Å². The van der Waals surface area contributed by atoms with Crippen molar-refractivity contribution in [3.05, 3.63) is 59.7 Å². The molecular weight excluding hydrogens is 421 g/mol. The number of piperidine rings is 1. The second kappa shape index (κ2) is 10.1. The number of rotatable bonds is 6. The van der Waals surface area contributed by atoms with Crippen molar-refractivity contribution in [2.45, 2.75) is 31.8 Å². The Balaban J connectivity index is 1.04. The Morgan fingerprint density at radius 3 is 2.76 bits per heavy atom. The summed E-state index contributed by atoms with van der Waals surface area (Å²) in [5.41, 5.74) is 2.25. The van der Waals surface area contributed by atoms with Crippen LogP contribution in [-0.2, 0) is 16.1 Å². The summed E-state index contributed by atoms with van der Waals surface area (Å²) in [5, 5.41) is 8.21. The van der Waals surface area contributed by atoms with Crippen LogP contribution in [0.2, 0.25) is 0 Å². The molecule has 0 saturated carbocycles. The maximum Gasteiger partial charge on any atom is 0.223 e. The molecule has 7 nitrogen and oxygen atoms in total. The van der Waals surface area contributed by atoms with E-state index < -0.39 is 0 Å². The van der Waals surface area contributed by atoms with Crippen molar-refractivity contribution in [1.29, 1.82) is 0 Å². The van der Waals surface area contributed by atoms with E-state index in [-0.39, 0.29) is 17.8 Å². The monoisotopic (exact) mass is 453 g/mol. The standard InChI is InChI=1S/C25H32FN5O2/c26-23-5-3-20(4-6-23)16-21-2-1-9-28(18-21)10-8-25(32)29-12-14-30(15-13-29)31-11-7-24-22(19-31)17-27-33-24/h3-7,11,17,19,21,24H,1-2,8-10,12-16,18H2. The van der Waals surface area contributed by atoms with Crippen LogP contribution in [0.15, 0.2) is 53.5 Å². The van der Waals surface area contributed by atoms with Crippen LogP contribution < -0.4 is 0 Å². The van der Waals surface area contributed by atoms with Crippen LogP contribution in [0.3, 0.4) is 0 Å². The molecule has 8 heteroatoms. The zero-order chi connectivity index (χ0) is 22.6. The molecule has 4 aliphatic heterocycles. The molecule has 2 unspecified atom stereocenters. The lowest BCUT2D eigenvalue weighted by Gasteiger charge is -2.40. The van der Waals surface area contributed by atoms with Crippen molar-refractivity contribution in [1.82, 2.24) is 19.8 Å². The minimum Gasteiger partial charge on any atom is -0.383 e. The van der Waals surface area contributed by atoms with E-state index in [1.165, 1.54) is 12.0 Å². The predicted octanol–water partition coefficient (Wildman–Crippen LogP) is 2.63. The van der Waals surface area contributed by atoms with Gasteiger partial charge in [-0.05, 0) is 55.5 Å². The fourth-order valence-electron chi connectivity index (χ4n) is 5.15. The molecule has 0 N–H and O–H groups in total. The molecule has 2 atom stereocenters. The lowest BCUT2D eigenvalue weighted by atomic mass is 9.91. The number of piperazine rings is 1. The summed E-state index contributed by atoms with van der Waals surface area (Å²) >= 11 is 0. The van der Waals surface area contributed by atoms with Crippen LogP contribution in [0.25, 0.3) is 0 Å². The van der Waals surface area contributed by atoms with E-state index in [1.54, 1.807) is 18.3 Å². The number of likely N-dealkylation sites (tertiary alicyclic amines) is 1. The number of nitrogens with zero attached hydrogens (tertiary/aromatic N) is 5. The zero-order valence-electron chi connectivity index (χ0n) is 19.0. The quantitative estimate of drug-likeness (QED) is 0.663. The van der Waals surface area contributed by atoms with Crippen molar-refractivity contribution in [3.8, 4) is 0 Å². The third-order valence-corrected chi connectivity index (χ3v) is 7.02. The number of benzene rings is 1. The molecule has 0 radical (unpaired) electrons. The third kappa shape index (κ3) is 5.45. The van der Waals surface area contributed by atoms with Crippen LogP contribution in [-0.4, -0.2) is 83.9 Å². The van der Waals surface area contributed by atoms with Gasteiger partial charge in [0, 0.05) is 63.7 Å². The number of carbonyl (C=O) groups excluding carboxylic acids is 1. The number of hydrogen-bond acceptors (Lipinski definition) is 6. The maximum absolute atomic E-state index is 13.2. The summed E-state index contributed by atoms with van der Waals surface area (Å²) in [4.78, 5) is 22.5. The van der Waals surface area contributed by atoms with E-state index in [4.69, 9.17) is 4.84 Å². The number of halogens is 1. The highest BCUT2D eigenvalue weighted by Crippen LogP contribution is 2.23. The molecule has 2 saturated heterocycles. The first kappa shape index (κ1) is 22.1. The normalized spacial score (nSPS) is 25.7. The Morgan fingerprint density at radius 1 is 1.12 bits per heavy atom. The number of fused-ring (bicyclic) bond motifs is 1. The molecule has 0 spiro atoms. The Kier molecular flexibility index (Phi) is 6.73. The number of amides is 1. The molecule has 2 fully saturated rings. The van der Waals surface area contributed by atoms with Crippen LogP contribution in [0, 0.1) is 11.7 Å². The van der Waals surface area contributed by atoms with Crippen molar-refractivity contribution in [2.24, 2.45) is 11.1 Å². The molecule has 0 aliphatic carbocycles. The molecule has 5 rings (SSSR count). The first-order valence-corrected chi connectivity index (χ1v) is 12.0. The topological polar surface area (TPSA) is 51.6 Å². The number of hydrogen-bond donors (Lipinski definition) is 0. The van der Waals surface area contributed by atoms with E-state index in [1.807, 2.05) is 29.3 Å². The van der Waals surface area contributed by atoms with E-state index in [0.717, 1.165) is 64.2 Å². The molecule has 33 heavy (non-hydrogen) atoms. The van der Waals surface area contributed by atoms with Gasteiger partial charge in [0.1, 0.15) is 5.82 Å². The fourth-order valence-corrected chi connectivity index (χ4v) is 5.15. The molecule has 0 aromatic heterocycles. The highest BCUT2D eigenvalue weighted by Gasteiger charge is 2.28. The Morgan fingerprint density at radius 2 is 1.94 bits per heavy atom. The van der Waals surface area contributed by atoms with E-state index in [0.29, 0.717) is 12.3 Å². The molecule has 1 aromatic rings. The first-order chi connectivity index (χ1) is 16.1. The highest BCUT2D eigenvalue weighted by molar-refractivity contribution is 5.82. The van der Waals surface area contributed by atoms with Gasteiger partial charge in [-0.25, -0.2) is 9.40 Å². The molecule has 0 bridgehead atoms. The number of carbonyl (C=O) groups is 1. The van der Waals surface area contributed by atoms with Gasteiger partial charge in [-0.1, -0.05) is 17.3 Å². The molecule has 4 heterocycles. The molecule has 1 aromatic carbocycles. The summed E-state index contributed by atoms with van der Waals surface area (Å²) in [6.07, 6.45) is 11.7. The lowest BCUT2D eigenvalue weighted by molar-refractivity contribution is -0.135. The summed E-state index contributed by atoms with van der Waals surface area (Å²) in [7, 11) is 0. The summed E-state index contributed by atoms with van der Waals surface area (Å²) < 4.78 is 13.2. The smallest absolute Gasteiger partial charge is 0.223 e. The Bertz CT molecular complexity index is 923. The van der Waals surface area contributed by atoms with E-state index in [9.17, 15) is 9.18 Å². The zero-order valence-corrected chi connectivity index (χ0v) is 19.0. The Hall–Kier alpha value is -2.71. The molecule has 4 aliphatic rings. The van der Waals surface area contributed by atoms with Gasteiger partial charge in [-0.2, -0.15) is 0 Å². The van der Waals surface area contributed by atoms with Gasteiger partial charge in [0.2, 0.25) is 5.91 Å². The van der Waals surface area contributed by atoms with Gasteiger partial charge in [0.25, 0.3) is 0 Å². The highest BCUT2D eigenvalue weighted by atomic mass is 19.1. The molecular formula is C25H32FN5O2. The van der Waals surface area contributed by atoms with Crippen LogP contribution >= 0.6 is 0 Å². The number of oxime groups is 1. The van der Waals surface area contributed by atoms with Gasteiger partial charge >= 0.3 is 0 Å². The van der Waals surface area contributed by atoms with Crippen LogP contribution in [0.5, 0.6) is 0 Å². The third-order valence-electron chi connectivity index (χ3n) is 7.02. The van der Waals surface area contributed by atoms with Crippen molar-refractivity contribution >= 4 is 12.1 Å². The lowest BCUT2D eigenvalue weighted by Crippen LogP contribution is -2.53. The SMILES string of the molecule is O=C(CCN1CCCC(Cc2ccc(F)cc2)C1)N1CCN(N2C=CC3ON=CC3=C2)CC1. The second-order valence-corrected chi connectivity index (χ2v) is 9.34. The maximum atomic E-state index is 13.2. The van der Waals surface area contributed by atoms with Gasteiger partial charge in [0.15, 0.2) is 6.10 Å². The fraction of sp³-hybridized carbons (Fsp3) is 0.520. The van der Waals surface area contributed by atoms with Crippen molar-refractivity contribution < 1.29 is 14.0 Å². The van der Waals surface area contributed by atoms with Crippen LogP contribution in [0.4, 0.5) is 4.39 Å². The average molecular weight is 454 g/mol. The minimum absolute atomic E-state index is 0.0609. The predicted molar refractivity (Wildman–Crippen MR) is 124 cm³/mol. The molecule has 176 valence electrons. The second-order valence-electron chi connectivity index (χ2n) is 9.34. The van der Waals surface area contributed by atoms with Gasteiger partial charge in [0.05, 0.1) is 6.21 Å². The van der Waals surface area contributed by atoms with Crippen LogP contribution in [0.1, 0.15) is 24.8 Å². The van der Waals surface area contributed by atoms with E-state index >= 15 is 0 Å². The summed E-state index contributed by atoms with van der Waals surface area (Å²) in [6, 6.07) is 6.86. The Labute approximate surface area is 194 Å². The minimum atomic E-state index is -0.181. The van der Waals surface area contributed by atoms with Crippen molar-refractivity contribution in [3.63, 3.8) is 0 Å². The average Bonchev–Trinajstić information content (AvgIpc) is 3.32. The van der Waals surface area contributed by atoms with E-state index in [2.05, 4.69) is 26.3 Å². The van der Waals surface area contributed by atoms with Crippen molar-refractivity contribution in [2.75, 3.05) is 45.8 Å². The van der Waals surface area contributed by atoms with Gasteiger partial charge in [-0.15, -0.1) is 0 Å². The molecule has 1 amide bonds. The summed E-state index contributed by atoms with van der Waals surface area (Å²) in [6.45, 7) is 6.01. The first-order valence-electron chi connectivity index (χ1n) is 12.0. The van der Waals surface area contributed by atoms with Gasteiger partial charge < -0.3 is 14.6 Å². The number of hydrazine groups is 1. The summed E-state index contributed by atoms with van der Waals surface area (Å²) in [5.74, 6) is 0.642.